The summed E-state index contributed by atoms with van der Waals surface area (Å²) in [5.41, 5.74) is 2.05. The average molecular weight is 375 g/mol. The Labute approximate surface area is 160 Å². The molecule has 1 N–H and O–H groups in total. The molecule has 0 aliphatic carbocycles. The molecular formula is C20H29N3O4. The lowest BCUT2D eigenvalue weighted by Crippen LogP contribution is -2.66. The maximum absolute atomic E-state index is 11.5. The number of benzene rings is 1. The summed E-state index contributed by atoms with van der Waals surface area (Å²) >= 11 is 0. The molecule has 7 heteroatoms. The molecule has 0 radical (unpaired) electrons. The third kappa shape index (κ3) is 4.35. The largest absolute Gasteiger partial charge is 0.465 e. The summed E-state index contributed by atoms with van der Waals surface area (Å²) in [5.74, 6) is 0. The minimum absolute atomic E-state index is 0.0542. The molecule has 1 aromatic rings. The highest BCUT2D eigenvalue weighted by Crippen LogP contribution is 2.34. The third-order valence-electron chi connectivity index (χ3n) is 5.85. The molecule has 0 bridgehead atoms. The van der Waals surface area contributed by atoms with E-state index in [-0.39, 0.29) is 12.1 Å². The van der Waals surface area contributed by atoms with Gasteiger partial charge in [-0.3, -0.25) is 9.69 Å². The molecule has 0 unspecified atom stereocenters. The molecule has 2 heterocycles. The number of carbonyl (C=O) groups is 2. The maximum atomic E-state index is 11.5. The first-order valence-electron chi connectivity index (χ1n) is 9.70. The van der Waals surface area contributed by atoms with Gasteiger partial charge in [0.05, 0.1) is 0 Å². The zero-order chi connectivity index (χ0) is 19.3. The van der Waals surface area contributed by atoms with Crippen molar-refractivity contribution in [2.45, 2.75) is 38.3 Å². The molecule has 148 valence electrons. The second kappa shape index (κ2) is 8.61. The van der Waals surface area contributed by atoms with Gasteiger partial charge in [0.25, 0.3) is 6.47 Å². The molecule has 0 aromatic heterocycles. The van der Waals surface area contributed by atoms with E-state index < -0.39 is 6.09 Å². The number of hydrogen-bond acceptors (Lipinski definition) is 5. The number of ether oxygens (including phenoxy) is 1. The monoisotopic (exact) mass is 375 g/mol. The Morgan fingerprint density at radius 1 is 1.26 bits per heavy atom. The van der Waals surface area contributed by atoms with Crippen molar-refractivity contribution < 1.29 is 19.4 Å². The standard InChI is InChI=1S/C20H29N3O4/c1-2-8-23-12-11-22(19(25)26)15-20(23)6-9-21(10-7-20)18-5-3-4-17(13-18)14-27-16-24/h3-5,13,16H,2,6-12,14-15H2,1H3,(H,25,26). The lowest BCUT2D eigenvalue weighted by molar-refractivity contribution is -0.129. The molecule has 2 aliphatic heterocycles. The highest BCUT2D eigenvalue weighted by molar-refractivity contribution is 5.65. The first-order valence-corrected chi connectivity index (χ1v) is 9.70. The van der Waals surface area contributed by atoms with E-state index in [4.69, 9.17) is 4.74 Å². The fourth-order valence-electron chi connectivity index (χ4n) is 4.42. The van der Waals surface area contributed by atoms with Crippen molar-refractivity contribution in [3.05, 3.63) is 29.8 Å². The van der Waals surface area contributed by atoms with Gasteiger partial charge in [-0.15, -0.1) is 0 Å². The molecule has 2 fully saturated rings. The Balaban J connectivity index is 1.70. The normalized spacial score (nSPS) is 19.9. The van der Waals surface area contributed by atoms with E-state index in [1.54, 1.807) is 4.90 Å². The molecule has 3 rings (SSSR count). The fourth-order valence-corrected chi connectivity index (χ4v) is 4.42. The smallest absolute Gasteiger partial charge is 0.407 e. The number of piperazine rings is 1. The topological polar surface area (TPSA) is 73.3 Å². The van der Waals surface area contributed by atoms with Crippen molar-refractivity contribution in [1.82, 2.24) is 9.80 Å². The Morgan fingerprint density at radius 3 is 2.70 bits per heavy atom. The molecule has 1 spiro atoms. The SMILES string of the molecule is CCCN1CCN(C(=O)O)CC12CCN(c1cccc(COC=O)c1)CC2. The van der Waals surface area contributed by atoms with Crippen LogP contribution in [0.4, 0.5) is 10.5 Å². The van der Waals surface area contributed by atoms with Crippen LogP contribution in [-0.4, -0.2) is 72.3 Å². The van der Waals surface area contributed by atoms with E-state index in [9.17, 15) is 14.7 Å². The number of amides is 1. The average Bonchev–Trinajstić information content (AvgIpc) is 2.69. The first-order chi connectivity index (χ1) is 13.1. The van der Waals surface area contributed by atoms with Gasteiger partial charge in [-0.1, -0.05) is 19.1 Å². The van der Waals surface area contributed by atoms with Gasteiger partial charge in [0.2, 0.25) is 0 Å². The van der Waals surface area contributed by atoms with Gasteiger partial charge >= 0.3 is 6.09 Å². The highest BCUT2D eigenvalue weighted by Gasteiger charge is 2.44. The number of rotatable bonds is 6. The van der Waals surface area contributed by atoms with Crippen LogP contribution in [0.2, 0.25) is 0 Å². The van der Waals surface area contributed by atoms with Crippen molar-refractivity contribution in [3.8, 4) is 0 Å². The van der Waals surface area contributed by atoms with Gasteiger partial charge in [0, 0.05) is 44.0 Å². The fraction of sp³-hybridized carbons (Fsp3) is 0.600. The van der Waals surface area contributed by atoms with Crippen molar-refractivity contribution in [3.63, 3.8) is 0 Å². The number of piperidine rings is 1. The Hall–Kier alpha value is -2.28. The van der Waals surface area contributed by atoms with Crippen LogP contribution in [0.25, 0.3) is 0 Å². The van der Waals surface area contributed by atoms with E-state index in [1.165, 1.54) is 0 Å². The summed E-state index contributed by atoms with van der Waals surface area (Å²) in [7, 11) is 0. The van der Waals surface area contributed by atoms with E-state index in [0.29, 0.717) is 19.6 Å². The van der Waals surface area contributed by atoms with Crippen LogP contribution in [0.15, 0.2) is 24.3 Å². The van der Waals surface area contributed by atoms with Crippen LogP contribution in [0.5, 0.6) is 0 Å². The van der Waals surface area contributed by atoms with Gasteiger partial charge in [-0.2, -0.15) is 0 Å². The Kier molecular flexibility index (Phi) is 6.21. The van der Waals surface area contributed by atoms with Crippen LogP contribution >= 0.6 is 0 Å². The molecule has 0 atom stereocenters. The van der Waals surface area contributed by atoms with Crippen molar-refractivity contribution in [2.75, 3.05) is 44.2 Å². The predicted octanol–water partition coefficient (Wildman–Crippen LogP) is 2.40. The van der Waals surface area contributed by atoms with Crippen LogP contribution in [0.1, 0.15) is 31.7 Å². The second-order valence-corrected chi connectivity index (χ2v) is 7.48. The molecule has 2 saturated heterocycles. The third-order valence-corrected chi connectivity index (χ3v) is 5.85. The molecular weight excluding hydrogens is 346 g/mol. The van der Waals surface area contributed by atoms with E-state index in [0.717, 1.165) is 56.7 Å². The molecule has 27 heavy (non-hydrogen) atoms. The van der Waals surface area contributed by atoms with Crippen LogP contribution < -0.4 is 4.90 Å². The minimum atomic E-state index is -0.809. The summed E-state index contributed by atoms with van der Waals surface area (Å²) in [6.45, 7) is 7.76. The summed E-state index contributed by atoms with van der Waals surface area (Å²) < 4.78 is 4.86. The molecule has 0 saturated carbocycles. The number of hydrogen-bond donors (Lipinski definition) is 1. The Bertz CT molecular complexity index is 658. The first kappa shape index (κ1) is 19.5. The van der Waals surface area contributed by atoms with Crippen LogP contribution in [0.3, 0.4) is 0 Å². The number of carbonyl (C=O) groups excluding carboxylic acids is 1. The quantitative estimate of drug-likeness (QED) is 0.770. The van der Waals surface area contributed by atoms with E-state index in [2.05, 4.69) is 28.9 Å². The molecule has 7 nitrogen and oxygen atoms in total. The Morgan fingerprint density at radius 2 is 2.04 bits per heavy atom. The number of nitrogens with zero attached hydrogens (tertiary/aromatic N) is 3. The minimum Gasteiger partial charge on any atom is -0.465 e. The van der Waals surface area contributed by atoms with Gasteiger partial charge < -0.3 is 19.6 Å². The van der Waals surface area contributed by atoms with Crippen LogP contribution in [0, 0.1) is 0 Å². The van der Waals surface area contributed by atoms with Crippen LogP contribution in [-0.2, 0) is 16.1 Å². The van der Waals surface area contributed by atoms with Gasteiger partial charge in [-0.25, -0.2) is 4.79 Å². The number of carboxylic acid groups (broad SMARTS) is 1. The van der Waals surface area contributed by atoms with Gasteiger partial charge in [-0.05, 0) is 43.5 Å². The van der Waals surface area contributed by atoms with Gasteiger partial charge in [0.15, 0.2) is 0 Å². The van der Waals surface area contributed by atoms with Crippen molar-refractivity contribution >= 4 is 18.3 Å². The lowest BCUT2D eigenvalue weighted by atomic mass is 9.83. The summed E-state index contributed by atoms with van der Waals surface area (Å²) in [4.78, 5) is 28.4. The summed E-state index contributed by atoms with van der Waals surface area (Å²) in [6, 6.07) is 8.08. The number of anilines is 1. The second-order valence-electron chi connectivity index (χ2n) is 7.48. The molecule has 1 amide bonds. The lowest BCUT2D eigenvalue weighted by Gasteiger charge is -2.54. The summed E-state index contributed by atoms with van der Waals surface area (Å²) in [5, 5.41) is 9.46. The van der Waals surface area contributed by atoms with Crippen molar-refractivity contribution in [1.29, 1.82) is 0 Å². The maximum Gasteiger partial charge on any atom is 0.407 e. The summed E-state index contributed by atoms with van der Waals surface area (Å²) in [6.07, 6.45) is 2.17. The van der Waals surface area contributed by atoms with Crippen molar-refractivity contribution in [2.24, 2.45) is 0 Å². The van der Waals surface area contributed by atoms with Gasteiger partial charge in [0.1, 0.15) is 6.61 Å². The highest BCUT2D eigenvalue weighted by atomic mass is 16.5. The molecule has 2 aliphatic rings. The molecule has 1 aromatic carbocycles. The zero-order valence-corrected chi connectivity index (χ0v) is 16.0. The predicted molar refractivity (Wildman–Crippen MR) is 103 cm³/mol. The zero-order valence-electron chi connectivity index (χ0n) is 16.0. The van der Waals surface area contributed by atoms with E-state index >= 15 is 0 Å². The van der Waals surface area contributed by atoms with E-state index in [1.807, 2.05) is 12.1 Å².